The molecular formula is C33H31NO5. The summed E-state index contributed by atoms with van der Waals surface area (Å²) in [5.41, 5.74) is 3.20. The van der Waals surface area contributed by atoms with Gasteiger partial charge in [0.25, 0.3) is 11.7 Å². The predicted octanol–water partition coefficient (Wildman–Crippen LogP) is 6.19. The Morgan fingerprint density at radius 1 is 0.923 bits per heavy atom. The molecule has 6 heteroatoms. The molecule has 0 bridgehead atoms. The van der Waals surface area contributed by atoms with Crippen molar-refractivity contribution < 1.29 is 24.2 Å². The number of ether oxygens (including phenoxy) is 2. The second-order valence-corrected chi connectivity index (χ2v) is 9.66. The molecule has 1 unspecified atom stereocenters. The lowest BCUT2D eigenvalue weighted by molar-refractivity contribution is -0.140. The number of rotatable bonds is 9. The minimum absolute atomic E-state index is 0.0890. The quantitative estimate of drug-likeness (QED) is 0.123. The molecule has 1 heterocycles. The highest BCUT2D eigenvalue weighted by molar-refractivity contribution is 6.46. The zero-order valence-corrected chi connectivity index (χ0v) is 22.1. The maximum Gasteiger partial charge on any atom is 0.295 e. The van der Waals surface area contributed by atoms with Gasteiger partial charge in [0.1, 0.15) is 18.1 Å². The second kappa shape index (κ2) is 11.5. The third kappa shape index (κ3) is 5.29. The average Bonchev–Trinajstić information content (AvgIpc) is 3.21. The number of aliphatic hydroxyl groups excluding tert-OH is 1. The topological polar surface area (TPSA) is 76.1 Å². The Kier molecular flexibility index (Phi) is 7.75. The number of Topliss-reactive ketones (excluding diaryl/α,β-unsaturated/α-hetero) is 1. The van der Waals surface area contributed by atoms with E-state index < -0.39 is 17.7 Å². The van der Waals surface area contributed by atoms with Crippen LogP contribution < -0.4 is 4.74 Å². The number of hydrogen-bond acceptors (Lipinski definition) is 5. The molecule has 0 spiro atoms. The van der Waals surface area contributed by atoms with Crippen molar-refractivity contribution >= 4 is 28.2 Å². The van der Waals surface area contributed by atoms with E-state index >= 15 is 0 Å². The SMILES string of the molecule is COCCCN1C(=O)C(=O)/C(=C(\O)c2ccc(OCc3ccccc3)c(C)c2)C1c1cccc2ccccc12. The van der Waals surface area contributed by atoms with Gasteiger partial charge in [0.15, 0.2) is 0 Å². The summed E-state index contributed by atoms with van der Waals surface area (Å²) in [4.78, 5) is 28.3. The third-order valence-corrected chi connectivity index (χ3v) is 7.09. The van der Waals surface area contributed by atoms with Gasteiger partial charge in [-0.05, 0) is 59.0 Å². The number of methoxy groups -OCH3 is 1. The summed E-state index contributed by atoms with van der Waals surface area (Å²) in [6.07, 6.45) is 0.567. The van der Waals surface area contributed by atoms with Crippen molar-refractivity contribution in [1.29, 1.82) is 0 Å². The summed E-state index contributed by atoms with van der Waals surface area (Å²) >= 11 is 0. The number of fused-ring (bicyclic) bond motifs is 1. The van der Waals surface area contributed by atoms with Crippen molar-refractivity contribution in [1.82, 2.24) is 4.90 Å². The Bertz CT molecular complexity index is 1540. The molecule has 1 aliphatic rings. The van der Waals surface area contributed by atoms with Crippen LogP contribution in [-0.4, -0.2) is 42.0 Å². The van der Waals surface area contributed by atoms with E-state index in [9.17, 15) is 14.7 Å². The summed E-state index contributed by atoms with van der Waals surface area (Å²) in [7, 11) is 1.60. The lowest BCUT2D eigenvalue weighted by Crippen LogP contribution is -2.31. The minimum atomic E-state index is -0.720. The van der Waals surface area contributed by atoms with Gasteiger partial charge in [-0.1, -0.05) is 72.8 Å². The number of ketones is 1. The molecule has 1 aliphatic heterocycles. The summed E-state index contributed by atoms with van der Waals surface area (Å²) in [6.45, 7) is 3.09. The molecule has 0 aliphatic carbocycles. The first-order valence-electron chi connectivity index (χ1n) is 13.0. The van der Waals surface area contributed by atoms with Crippen LogP contribution in [0.15, 0.2) is 96.6 Å². The fraction of sp³-hybridized carbons (Fsp3) is 0.212. The van der Waals surface area contributed by atoms with Crippen LogP contribution >= 0.6 is 0 Å². The summed E-state index contributed by atoms with van der Waals surface area (Å²) in [5.74, 6) is -0.825. The van der Waals surface area contributed by atoms with Gasteiger partial charge in [0.2, 0.25) is 0 Å². The Hall–Kier alpha value is -4.42. The van der Waals surface area contributed by atoms with E-state index in [1.54, 1.807) is 30.2 Å². The van der Waals surface area contributed by atoms with E-state index in [4.69, 9.17) is 9.47 Å². The molecule has 1 saturated heterocycles. The molecule has 0 aromatic heterocycles. The number of nitrogens with zero attached hydrogens (tertiary/aromatic N) is 1. The number of likely N-dealkylation sites (tertiary alicyclic amines) is 1. The zero-order chi connectivity index (χ0) is 27.4. The minimum Gasteiger partial charge on any atom is -0.507 e. The van der Waals surface area contributed by atoms with Crippen LogP contribution in [0.1, 0.15) is 34.7 Å². The molecule has 4 aromatic carbocycles. The van der Waals surface area contributed by atoms with Crippen LogP contribution in [0.4, 0.5) is 0 Å². The van der Waals surface area contributed by atoms with Crippen molar-refractivity contribution in [3.8, 4) is 5.75 Å². The van der Waals surface area contributed by atoms with Crippen molar-refractivity contribution in [2.45, 2.75) is 26.0 Å². The molecule has 198 valence electrons. The first-order valence-corrected chi connectivity index (χ1v) is 13.0. The lowest BCUT2D eigenvalue weighted by Gasteiger charge is -2.26. The number of aliphatic hydroxyl groups is 1. The van der Waals surface area contributed by atoms with Crippen LogP contribution in [0.25, 0.3) is 16.5 Å². The number of carbonyl (C=O) groups is 2. The Balaban J connectivity index is 1.55. The third-order valence-electron chi connectivity index (χ3n) is 7.09. The van der Waals surface area contributed by atoms with Gasteiger partial charge in [0.05, 0.1) is 11.6 Å². The molecule has 5 rings (SSSR count). The van der Waals surface area contributed by atoms with Gasteiger partial charge in [-0.2, -0.15) is 0 Å². The number of carbonyl (C=O) groups excluding carboxylic acids is 2. The average molecular weight is 522 g/mol. The fourth-order valence-electron chi connectivity index (χ4n) is 5.15. The van der Waals surface area contributed by atoms with Gasteiger partial charge in [-0.3, -0.25) is 9.59 Å². The summed E-state index contributed by atoms with van der Waals surface area (Å²) in [6, 6.07) is 28.1. The van der Waals surface area contributed by atoms with Crippen molar-refractivity contribution in [3.63, 3.8) is 0 Å². The molecule has 1 fully saturated rings. The summed E-state index contributed by atoms with van der Waals surface area (Å²) < 4.78 is 11.2. The van der Waals surface area contributed by atoms with Crippen LogP contribution in [0, 0.1) is 6.92 Å². The largest absolute Gasteiger partial charge is 0.507 e. The van der Waals surface area contributed by atoms with Crippen molar-refractivity contribution in [2.24, 2.45) is 0 Å². The molecule has 39 heavy (non-hydrogen) atoms. The molecule has 0 saturated carbocycles. The maximum absolute atomic E-state index is 13.4. The predicted molar refractivity (Wildman–Crippen MR) is 151 cm³/mol. The first-order chi connectivity index (χ1) is 19.0. The standard InChI is InChI=1S/C33H31NO5/c1-22-20-25(16-17-28(22)39-21-23-10-4-3-5-11-23)31(35)29-30(34(18-9-19-38-2)33(37)32(29)36)27-15-8-13-24-12-6-7-14-26(24)27/h3-8,10-17,20,30,35H,9,18-19,21H2,1-2H3/b31-29-. The van der Waals surface area contributed by atoms with Crippen molar-refractivity contribution in [2.75, 3.05) is 20.3 Å². The Morgan fingerprint density at radius 2 is 1.67 bits per heavy atom. The monoisotopic (exact) mass is 521 g/mol. The van der Waals surface area contributed by atoms with E-state index in [2.05, 4.69) is 0 Å². The highest BCUT2D eigenvalue weighted by Gasteiger charge is 2.46. The van der Waals surface area contributed by atoms with Gasteiger partial charge in [0, 0.05) is 25.8 Å². The molecular weight excluding hydrogens is 490 g/mol. The summed E-state index contributed by atoms with van der Waals surface area (Å²) in [5, 5.41) is 13.5. The number of benzene rings is 4. The van der Waals surface area contributed by atoms with Crippen LogP contribution in [0.5, 0.6) is 5.75 Å². The van der Waals surface area contributed by atoms with E-state index in [1.165, 1.54) is 0 Å². The Morgan fingerprint density at radius 3 is 2.44 bits per heavy atom. The van der Waals surface area contributed by atoms with Crippen LogP contribution in [-0.2, 0) is 20.9 Å². The molecule has 1 amide bonds. The highest BCUT2D eigenvalue weighted by atomic mass is 16.5. The van der Waals surface area contributed by atoms with Gasteiger partial charge in [-0.25, -0.2) is 0 Å². The Labute approximate surface area is 228 Å². The normalized spacial score (nSPS) is 16.7. The first kappa shape index (κ1) is 26.2. The molecule has 4 aromatic rings. The fourth-order valence-corrected chi connectivity index (χ4v) is 5.15. The number of amides is 1. The number of aryl methyl sites for hydroxylation is 1. The molecule has 1 atom stereocenters. The molecule has 6 nitrogen and oxygen atoms in total. The maximum atomic E-state index is 13.4. The second-order valence-electron chi connectivity index (χ2n) is 9.66. The van der Waals surface area contributed by atoms with E-state index in [0.717, 1.165) is 27.5 Å². The van der Waals surface area contributed by atoms with Gasteiger partial charge >= 0.3 is 0 Å². The molecule has 1 N–H and O–H groups in total. The zero-order valence-electron chi connectivity index (χ0n) is 22.1. The molecule has 0 radical (unpaired) electrons. The van der Waals surface area contributed by atoms with E-state index in [0.29, 0.717) is 37.5 Å². The van der Waals surface area contributed by atoms with Gasteiger partial charge < -0.3 is 19.5 Å². The lowest BCUT2D eigenvalue weighted by atomic mass is 9.91. The van der Waals surface area contributed by atoms with Gasteiger partial charge in [-0.15, -0.1) is 0 Å². The van der Waals surface area contributed by atoms with E-state index in [-0.39, 0.29) is 11.3 Å². The van der Waals surface area contributed by atoms with Crippen molar-refractivity contribution in [3.05, 3.63) is 119 Å². The smallest absolute Gasteiger partial charge is 0.295 e. The van der Waals surface area contributed by atoms with Crippen LogP contribution in [0.3, 0.4) is 0 Å². The van der Waals surface area contributed by atoms with E-state index in [1.807, 2.05) is 79.7 Å². The highest BCUT2D eigenvalue weighted by Crippen LogP contribution is 2.42. The number of hydrogen-bond donors (Lipinski definition) is 1. The van der Waals surface area contributed by atoms with Crippen LogP contribution in [0.2, 0.25) is 0 Å².